The molecular weight excluding hydrogens is 592 g/mol. The highest BCUT2D eigenvalue weighted by atomic mass is 79.9. The third-order valence-corrected chi connectivity index (χ3v) is 9.15. The van der Waals surface area contributed by atoms with Gasteiger partial charge in [0.15, 0.2) is 5.78 Å². The molecule has 2 aromatic carbocycles. The van der Waals surface area contributed by atoms with Gasteiger partial charge in [-0.25, -0.2) is 5.01 Å². The van der Waals surface area contributed by atoms with Crippen LogP contribution in [0.3, 0.4) is 0 Å². The summed E-state index contributed by atoms with van der Waals surface area (Å²) < 4.78 is 5.12. The van der Waals surface area contributed by atoms with E-state index in [1.54, 1.807) is 24.3 Å². The molecule has 178 valence electrons. The summed E-state index contributed by atoms with van der Waals surface area (Å²) in [5, 5.41) is 2.27. The molecule has 1 aliphatic heterocycles. The third-order valence-electron chi connectivity index (χ3n) is 6.16. The topological polar surface area (TPSA) is 84.0 Å². The van der Waals surface area contributed by atoms with Crippen molar-refractivity contribution in [2.75, 3.05) is 13.7 Å². The Kier molecular flexibility index (Phi) is 7.45. The minimum atomic E-state index is -0.635. The van der Waals surface area contributed by atoms with Crippen LogP contribution in [-0.4, -0.2) is 56.8 Å². The van der Waals surface area contributed by atoms with E-state index >= 15 is 0 Å². The fraction of sp³-hybridized carbons (Fsp3) is 0.333. The Morgan fingerprint density at radius 3 is 1.94 bits per heavy atom. The summed E-state index contributed by atoms with van der Waals surface area (Å²) in [6, 6.07) is 12.5. The smallest absolute Gasteiger partial charge is 0.273 e. The number of halogens is 3. The van der Waals surface area contributed by atoms with Gasteiger partial charge in [0, 0.05) is 25.8 Å². The van der Waals surface area contributed by atoms with E-state index in [2.05, 4.69) is 31.9 Å². The summed E-state index contributed by atoms with van der Waals surface area (Å²) in [4.78, 5) is 53.4. The van der Waals surface area contributed by atoms with Crippen LogP contribution in [0, 0.1) is 11.8 Å². The van der Waals surface area contributed by atoms with Gasteiger partial charge < -0.3 is 4.74 Å². The molecule has 3 amide bonds. The minimum Gasteiger partial charge on any atom is -0.497 e. The number of amides is 3. The van der Waals surface area contributed by atoms with Gasteiger partial charge in [-0.2, -0.15) is 5.01 Å². The number of ketones is 1. The van der Waals surface area contributed by atoms with E-state index in [0.717, 1.165) is 10.0 Å². The van der Waals surface area contributed by atoms with Crippen molar-refractivity contribution >= 4 is 67.0 Å². The maximum absolute atomic E-state index is 13.5. The molecule has 1 saturated heterocycles. The first-order chi connectivity index (χ1) is 16.2. The summed E-state index contributed by atoms with van der Waals surface area (Å²) in [5.74, 6) is -2.52. The van der Waals surface area contributed by atoms with Crippen molar-refractivity contribution in [1.29, 1.82) is 0 Å². The van der Waals surface area contributed by atoms with Gasteiger partial charge in [0.2, 0.25) is 0 Å². The largest absolute Gasteiger partial charge is 0.497 e. The molecule has 2 fully saturated rings. The van der Waals surface area contributed by atoms with E-state index in [0.29, 0.717) is 29.2 Å². The zero-order valence-electron chi connectivity index (χ0n) is 18.1. The predicted molar refractivity (Wildman–Crippen MR) is 133 cm³/mol. The van der Waals surface area contributed by atoms with Crippen LogP contribution in [-0.2, 0) is 9.59 Å². The molecule has 0 spiro atoms. The first-order valence-electron chi connectivity index (χ1n) is 10.6. The number of carbonyl (C=O) groups is 4. The lowest BCUT2D eigenvalue weighted by Crippen LogP contribution is -2.52. The van der Waals surface area contributed by atoms with Gasteiger partial charge in [0.05, 0.1) is 18.9 Å². The number of carbonyl (C=O) groups excluding carboxylic acids is 4. The van der Waals surface area contributed by atoms with Crippen LogP contribution in [0.15, 0.2) is 48.5 Å². The van der Waals surface area contributed by atoms with Crippen molar-refractivity contribution in [2.45, 2.75) is 22.5 Å². The molecule has 10 heteroatoms. The van der Waals surface area contributed by atoms with E-state index < -0.39 is 41.9 Å². The molecule has 1 saturated carbocycles. The van der Waals surface area contributed by atoms with Gasteiger partial charge in [0.25, 0.3) is 17.7 Å². The van der Waals surface area contributed by atoms with Gasteiger partial charge in [0.1, 0.15) is 12.3 Å². The number of hydrazine groups is 1. The van der Waals surface area contributed by atoms with E-state index in [1.165, 1.54) is 31.4 Å². The maximum Gasteiger partial charge on any atom is 0.273 e. The summed E-state index contributed by atoms with van der Waals surface area (Å²) in [5.41, 5.74) is 0.534. The van der Waals surface area contributed by atoms with E-state index in [9.17, 15) is 19.2 Å². The molecule has 0 unspecified atom stereocenters. The van der Waals surface area contributed by atoms with Crippen LogP contribution >= 0.6 is 43.5 Å². The number of benzene rings is 2. The number of fused-ring (bicyclic) bond motifs is 1. The summed E-state index contributed by atoms with van der Waals surface area (Å²) in [6.45, 7) is -0.472. The first-order valence-corrected chi connectivity index (χ1v) is 12.8. The highest BCUT2D eigenvalue weighted by molar-refractivity contribution is 9.12. The van der Waals surface area contributed by atoms with E-state index in [-0.39, 0.29) is 15.2 Å². The Hall–Kier alpha value is -2.23. The van der Waals surface area contributed by atoms with Crippen molar-refractivity contribution < 1.29 is 23.9 Å². The summed E-state index contributed by atoms with van der Waals surface area (Å²) >= 11 is 13.1. The lowest BCUT2D eigenvalue weighted by atomic mass is 9.81. The van der Waals surface area contributed by atoms with Gasteiger partial charge in [-0.05, 0) is 61.4 Å². The average Bonchev–Trinajstić information content (AvgIpc) is 3.07. The van der Waals surface area contributed by atoms with Crippen molar-refractivity contribution in [2.24, 2.45) is 11.8 Å². The van der Waals surface area contributed by atoms with Crippen molar-refractivity contribution in [3.05, 3.63) is 64.7 Å². The number of imide groups is 1. The Bertz CT molecular complexity index is 1100. The van der Waals surface area contributed by atoms with Crippen molar-refractivity contribution in [1.82, 2.24) is 10.0 Å². The zero-order chi connectivity index (χ0) is 24.6. The van der Waals surface area contributed by atoms with Crippen LogP contribution in [0.5, 0.6) is 5.75 Å². The minimum absolute atomic E-state index is 0.0202. The second-order valence-electron chi connectivity index (χ2n) is 8.23. The third kappa shape index (κ3) is 4.78. The van der Waals surface area contributed by atoms with Gasteiger partial charge >= 0.3 is 0 Å². The molecule has 0 aromatic heterocycles. The molecule has 0 radical (unpaired) electrons. The SMILES string of the molecule is COc1ccc(C(=O)CN(C(=O)c2ccc(Cl)cc2)N2C(=O)[C@H]3C[C@H](Br)[C@@H](Br)C[C@H]3C2=O)cc1. The number of Topliss-reactive ketones (excluding diaryl/α,β-unsaturated/α-hetero) is 1. The fourth-order valence-corrected chi connectivity index (χ4v) is 5.66. The lowest BCUT2D eigenvalue weighted by Gasteiger charge is -2.30. The molecule has 0 bridgehead atoms. The molecule has 34 heavy (non-hydrogen) atoms. The number of rotatable bonds is 6. The number of hydrogen-bond acceptors (Lipinski definition) is 5. The lowest BCUT2D eigenvalue weighted by molar-refractivity contribution is -0.154. The summed E-state index contributed by atoms with van der Waals surface area (Å²) in [7, 11) is 1.52. The average molecular weight is 613 g/mol. The highest BCUT2D eigenvalue weighted by Gasteiger charge is 2.54. The van der Waals surface area contributed by atoms with E-state index in [1.807, 2.05) is 0 Å². The molecule has 2 aliphatic rings. The first kappa shape index (κ1) is 24.9. The standard InChI is InChI=1S/C24H21Br2ClN2O5/c1-34-16-8-4-13(5-9-16)21(30)12-28(22(31)14-2-6-15(27)7-3-14)29-23(32)17-10-19(25)20(26)11-18(17)24(29)33/h2-9,17-20H,10-12H2,1H3/t17-,18+,19-,20-/m0/s1. The number of nitrogens with zero attached hydrogens (tertiary/aromatic N) is 2. The van der Waals surface area contributed by atoms with Gasteiger partial charge in [-0.3, -0.25) is 19.2 Å². The molecule has 4 rings (SSSR count). The van der Waals surface area contributed by atoms with Crippen molar-refractivity contribution in [3.8, 4) is 5.75 Å². The highest BCUT2D eigenvalue weighted by Crippen LogP contribution is 2.43. The van der Waals surface area contributed by atoms with Gasteiger partial charge in [-0.15, -0.1) is 0 Å². The van der Waals surface area contributed by atoms with Crippen LogP contribution in [0.2, 0.25) is 5.02 Å². The van der Waals surface area contributed by atoms with Crippen LogP contribution in [0.25, 0.3) is 0 Å². The fourth-order valence-electron chi connectivity index (χ4n) is 4.29. The Morgan fingerprint density at radius 1 is 0.941 bits per heavy atom. The molecule has 2 aromatic rings. The van der Waals surface area contributed by atoms with E-state index in [4.69, 9.17) is 16.3 Å². The molecule has 1 heterocycles. The van der Waals surface area contributed by atoms with Gasteiger partial charge in [-0.1, -0.05) is 43.5 Å². The normalized spacial score (nSPS) is 24.1. The zero-order valence-corrected chi connectivity index (χ0v) is 22.0. The molecule has 7 nitrogen and oxygen atoms in total. The summed E-state index contributed by atoms with van der Waals surface area (Å²) in [6.07, 6.45) is 0.911. The number of alkyl halides is 2. The Morgan fingerprint density at radius 2 is 1.44 bits per heavy atom. The molecule has 0 N–H and O–H groups in total. The molecule has 1 aliphatic carbocycles. The van der Waals surface area contributed by atoms with Crippen LogP contribution in [0.4, 0.5) is 0 Å². The Labute approximate surface area is 218 Å². The maximum atomic E-state index is 13.5. The Balaban J connectivity index is 1.67. The number of ether oxygens (including phenoxy) is 1. The second-order valence-corrected chi connectivity index (χ2v) is 11.0. The monoisotopic (exact) mass is 610 g/mol. The van der Waals surface area contributed by atoms with Crippen LogP contribution in [0.1, 0.15) is 33.6 Å². The second kappa shape index (κ2) is 10.2. The predicted octanol–water partition coefficient (Wildman–Crippen LogP) is 4.51. The van der Waals surface area contributed by atoms with Crippen molar-refractivity contribution in [3.63, 3.8) is 0 Å². The number of hydrogen-bond donors (Lipinski definition) is 0. The number of methoxy groups -OCH3 is 1. The quantitative estimate of drug-likeness (QED) is 0.273. The molecular formula is C24H21Br2ClN2O5. The van der Waals surface area contributed by atoms with Crippen LogP contribution < -0.4 is 4.74 Å². The molecule has 4 atom stereocenters.